The highest BCUT2D eigenvalue weighted by Gasteiger charge is 2.08. The minimum absolute atomic E-state index is 0.0742. The van der Waals surface area contributed by atoms with Crippen LogP contribution in [-0.4, -0.2) is 16.1 Å². The molecular weight excluding hydrogens is 248 g/mol. The van der Waals surface area contributed by atoms with Gasteiger partial charge in [-0.15, -0.1) is 11.3 Å². The number of carboxylic acid groups (broad SMARTS) is 1. The second-order valence-corrected chi connectivity index (χ2v) is 4.77. The van der Waals surface area contributed by atoms with Crippen LogP contribution >= 0.6 is 11.3 Å². The molecule has 0 atom stereocenters. The van der Waals surface area contributed by atoms with Crippen molar-refractivity contribution in [3.05, 3.63) is 40.9 Å². The standard InChI is InChI=1S/C13H14N2O2S/c1-2-3-9-4-6-10(7-5-9)14-13-15-11(8-18-13)12(16)17/h4-8H,2-3H2,1H3,(H,14,15)(H,16,17). The summed E-state index contributed by atoms with van der Waals surface area (Å²) in [5.41, 5.74) is 2.29. The van der Waals surface area contributed by atoms with Crippen molar-refractivity contribution in [1.82, 2.24) is 4.98 Å². The zero-order chi connectivity index (χ0) is 13.0. The molecule has 2 N–H and O–H groups in total. The topological polar surface area (TPSA) is 62.2 Å². The van der Waals surface area contributed by atoms with Crippen LogP contribution in [0.2, 0.25) is 0 Å². The van der Waals surface area contributed by atoms with Crippen LogP contribution in [0.4, 0.5) is 10.8 Å². The van der Waals surface area contributed by atoms with Crippen LogP contribution in [0.5, 0.6) is 0 Å². The van der Waals surface area contributed by atoms with Crippen LogP contribution in [0.3, 0.4) is 0 Å². The number of carbonyl (C=O) groups is 1. The lowest BCUT2D eigenvalue weighted by Crippen LogP contribution is -1.97. The highest BCUT2D eigenvalue weighted by molar-refractivity contribution is 7.14. The van der Waals surface area contributed by atoms with E-state index < -0.39 is 5.97 Å². The van der Waals surface area contributed by atoms with Crippen LogP contribution in [0.25, 0.3) is 0 Å². The Bertz CT molecular complexity index is 534. The van der Waals surface area contributed by atoms with Gasteiger partial charge in [-0.1, -0.05) is 25.5 Å². The highest BCUT2D eigenvalue weighted by Crippen LogP contribution is 2.21. The number of nitrogens with zero attached hydrogens (tertiary/aromatic N) is 1. The molecule has 0 aliphatic carbocycles. The summed E-state index contributed by atoms with van der Waals surface area (Å²) in [5, 5.41) is 14.0. The Kier molecular flexibility index (Phi) is 3.94. The van der Waals surface area contributed by atoms with Crippen LogP contribution in [-0.2, 0) is 6.42 Å². The number of anilines is 2. The molecule has 2 aromatic rings. The van der Waals surface area contributed by atoms with Gasteiger partial charge in [0.2, 0.25) is 0 Å². The molecule has 4 nitrogen and oxygen atoms in total. The first-order chi connectivity index (χ1) is 8.69. The number of aromatic nitrogens is 1. The molecule has 0 radical (unpaired) electrons. The molecule has 0 amide bonds. The maximum absolute atomic E-state index is 10.7. The van der Waals surface area contributed by atoms with Crippen LogP contribution in [0.15, 0.2) is 29.6 Å². The lowest BCUT2D eigenvalue weighted by Gasteiger charge is -2.03. The second kappa shape index (κ2) is 5.64. The Morgan fingerprint density at radius 1 is 1.39 bits per heavy atom. The number of aromatic carboxylic acids is 1. The molecule has 0 aliphatic rings. The van der Waals surface area contributed by atoms with E-state index in [1.165, 1.54) is 22.3 Å². The summed E-state index contributed by atoms with van der Waals surface area (Å²) >= 11 is 1.28. The Hall–Kier alpha value is -1.88. The number of benzene rings is 1. The van der Waals surface area contributed by atoms with E-state index in [4.69, 9.17) is 5.11 Å². The average Bonchev–Trinajstić information content (AvgIpc) is 2.81. The van der Waals surface area contributed by atoms with E-state index in [1.807, 2.05) is 12.1 Å². The first kappa shape index (κ1) is 12.6. The monoisotopic (exact) mass is 262 g/mol. The molecule has 5 heteroatoms. The average molecular weight is 262 g/mol. The van der Waals surface area contributed by atoms with Gasteiger partial charge in [-0.2, -0.15) is 0 Å². The molecule has 1 aromatic carbocycles. The van der Waals surface area contributed by atoms with E-state index in [0.29, 0.717) is 5.13 Å². The number of carboxylic acids is 1. The van der Waals surface area contributed by atoms with E-state index in [1.54, 1.807) is 0 Å². The maximum Gasteiger partial charge on any atom is 0.355 e. The van der Waals surface area contributed by atoms with Crippen molar-refractivity contribution in [2.45, 2.75) is 19.8 Å². The number of nitrogens with one attached hydrogen (secondary N) is 1. The number of rotatable bonds is 5. The Morgan fingerprint density at radius 2 is 2.11 bits per heavy atom. The SMILES string of the molecule is CCCc1ccc(Nc2nc(C(=O)O)cs2)cc1. The first-order valence-corrected chi connectivity index (χ1v) is 6.62. The quantitative estimate of drug-likeness (QED) is 0.865. The molecule has 0 unspecified atom stereocenters. The molecule has 18 heavy (non-hydrogen) atoms. The molecule has 0 fully saturated rings. The van der Waals surface area contributed by atoms with Crippen molar-refractivity contribution >= 4 is 28.1 Å². The fourth-order valence-corrected chi connectivity index (χ4v) is 2.30. The van der Waals surface area contributed by atoms with Crippen LogP contribution in [0.1, 0.15) is 29.4 Å². The third-order valence-corrected chi connectivity index (χ3v) is 3.22. The summed E-state index contributed by atoms with van der Waals surface area (Å²) in [5.74, 6) is -1.00. The molecule has 0 saturated carbocycles. The third-order valence-electron chi connectivity index (χ3n) is 2.47. The lowest BCUT2D eigenvalue weighted by molar-refractivity contribution is 0.0691. The molecule has 0 spiro atoms. The van der Waals surface area contributed by atoms with Crippen molar-refractivity contribution in [3.63, 3.8) is 0 Å². The summed E-state index contributed by atoms with van der Waals surface area (Å²) in [4.78, 5) is 14.7. The molecule has 94 valence electrons. The predicted molar refractivity (Wildman–Crippen MR) is 72.8 cm³/mol. The third kappa shape index (κ3) is 3.07. The second-order valence-electron chi connectivity index (χ2n) is 3.91. The van der Waals surface area contributed by atoms with Crippen molar-refractivity contribution in [2.75, 3.05) is 5.32 Å². The molecule has 0 bridgehead atoms. The summed E-state index contributed by atoms with van der Waals surface area (Å²) in [7, 11) is 0. The maximum atomic E-state index is 10.7. The molecule has 1 aromatic heterocycles. The van der Waals surface area contributed by atoms with Crippen molar-refractivity contribution in [2.24, 2.45) is 0 Å². The van der Waals surface area contributed by atoms with Gasteiger partial charge < -0.3 is 10.4 Å². The van der Waals surface area contributed by atoms with Crippen LogP contribution in [0, 0.1) is 0 Å². The molecule has 0 saturated heterocycles. The van der Waals surface area contributed by atoms with Crippen LogP contribution < -0.4 is 5.32 Å². The van der Waals surface area contributed by atoms with Gasteiger partial charge in [0.15, 0.2) is 10.8 Å². The zero-order valence-corrected chi connectivity index (χ0v) is 10.8. The van der Waals surface area contributed by atoms with Gasteiger partial charge in [-0.05, 0) is 24.1 Å². The lowest BCUT2D eigenvalue weighted by atomic mass is 10.1. The predicted octanol–water partition coefficient (Wildman–Crippen LogP) is 3.54. The van der Waals surface area contributed by atoms with Gasteiger partial charge in [-0.3, -0.25) is 0 Å². The number of hydrogen-bond donors (Lipinski definition) is 2. The largest absolute Gasteiger partial charge is 0.476 e. The van der Waals surface area contributed by atoms with Gasteiger partial charge in [0, 0.05) is 11.1 Å². The number of thiazole rings is 1. The van der Waals surface area contributed by atoms with Crippen molar-refractivity contribution in [1.29, 1.82) is 0 Å². The fraction of sp³-hybridized carbons (Fsp3) is 0.231. The van der Waals surface area contributed by atoms with Crippen molar-refractivity contribution < 1.29 is 9.90 Å². The smallest absolute Gasteiger partial charge is 0.355 e. The molecule has 1 heterocycles. The zero-order valence-electron chi connectivity index (χ0n) is 10.0. The van der Waals surface area contributed by atoms with E-state index in [2.05, 4.69) is 29.4 Å². The minimum Gasteiger partial charge on any atom is -0.476 e. The molecular formula is C13H14N2O2S. The van der Waals surface area contributed by atoms with Gasteiger partial charge in [-0.25, -0.2) is 9.78 Å². The summed E-state index contributed by atoms with van der Waals surface area (Å²) in [6, 6.07) is 8.09. The highest BCUT2D eigenvalue weighted by atomic mass is 32.1. The van der Waals surface area contributed by atoms with Gasteiger partial charge in [0.25, 0.3) is 0 Å². The van der Waals surface area contributed by atoms with Gasteiger partial charge in [0.1, 0.15) is 0 Å². The number of aryl methyl sites for hydroxylation is 1. The van der Waals surface area contributed by atoms with E-state index in [9.17, 15) is 4.79 Å². The van der Waals surface area contributed by atoms with E-state index >= 15 is 0 Å². The van der Waals surface area contributed by atoms with E-state index in [-0.39, 0.29) is 5.69 Å². The van der Waals surface area contributed by atoms with Crippen molar-refractivity contribution in [3.8, 4) is 0 Å². The normalized spacial score (nSPS) is 10.3. The Morgan fingerprint density at radius 3 is 2.67 bits per heavy atom. The Labute approximate surface area is 109 Å². The summed E-state index contributed by atoms with van der Waals surface area (Å²) in [6.07, 6.45) is 2.20. The summed E-state index contributed by atoms with van der Waals surface area (Å²) < 4.78 is 0. The van der Waals surface area contributed by atoms with E-state index in [0.717, 1.165) is 18.5 Å². The molecule has 2 rings (SSSR count). The summed E-state index contributed by atoms with van der Waals surface area (Å²) in [6.45, 7) is 2.15. The fourth-order valence-electron chi connectivity index (χ4n) is 1.60. The number of hydrogen-bond acceptors (Lipinski definition) is 4. The van der Waals surface area contributed by atoms with Gasteiger partial charge in [0.05, 0.1) is 0 Å². The minimum atomic E-state index is -1.00. The molecule has 0 aliphatic heterocycles. The van der Waals surface area contributed by atoms with Gasteiger partial charge >= 0.3 is 5.97 Å². The first-order valence-electron chi connectivity index (χ1n) is 5.74. The Balaban J connectivity index is 2.06.